The number of hydrogen-bond acceptors (Lipinski definition) is 4. The minimum Gasteiger partial charge on any atom is -0.478 e. The van der Waals surface area contributed by atoms with Crippen LogP contribution in [0.2, 0.25) is 5.02 Å². The predicted octanol–water partition coefficient (Wildman–Crippen LogP) is 3.14. The van der Waals surface area contributed by atoms with Crippen LogP contribution in [0.4, 0.5) is 10.5 Å². The molecule has 126 valence electrons. The summed E-state index contributed by atoms with van der Waals surface area (Å²) in [5, 5.41) is 12.6. The summed E-state index contributed by atoms with van der Waals surface area (Å²) in [6.45, 7) is 6.57. The van der Waals surface area contributed by atoms with Gasteiger partial charge in [-0.15, -0.1) is 0 Å². The molecule has 0 spiro atoms. The van der Waals surface area contributed by atoms with Gasteiger partial charge in [-0.25, -0.2) is 9.59 Å². The molecule has 2 rings (SSSR count). The average Bonchev–Trinajstić information content (AvgIpc) is 2.84. The summed E-state index contributed by atoms with van der Waals surface area (Å²) < 4.78 is 5.24. The van der Waals surface area contributed by atoms with Crippen LogP contribution in [0.5, 0.6) is 0 Å². The van der Waals surface area contributed by atoms with Crippen molar-refractivity contribution in [2.24, 2.45) is 0 Å². The smallest absolute Gasteiger partial charge is 0.407 e. The largest absolute Gasteiger partial charge is 0.478 e. The van der Waals surface area contributed by atoms with Gasteiger partial charge in [0, 0.05) is 18.1 Å². The molecule has 0 unspecified atom stereocenters. The monoisotopic (exact) mass is 340 g/mol. The molecule has 1 aliphatic heterocycles. The van der Waals surface area contributed by atoms with Crippen molar-refractivity contribution in [3.8, 4) is 0 Å². The number of alkyl carbamates (subject to hydrolysis) is 1. The molecule has 1 saturated heterocycles. The lowest BCUT2D eigenvalue weighted by atomic mass is 10.1. The van der Waals surface area contributed by atoms with Gasteiger partial charge >= 0.3 is 12.1 Å². The van der Waals surface area contributed by atoms with E-state index in [2.05, 4.69) is 5.32 Å². The van der Waals surface area contributed by atoms with Gasteiger partial charge in [-0.3, -0.25) is 0 Å². The zero-order valence-corrected chi connectivity index (χ0v) is 14.2. The molecule has 0 radical (unpaired) electrons. The van der Waals surface area contributed by atoms with Gasteiger partial charge in [0.2, 0.25) is 0 Å². The fraction of sp³-hybridized carbons (Fsp3) is 0.500. The fourth-order valence-corrected chi connectivity index (χ4v) is 2.68. The first kappa shape index (κ1) is 17.4. The number of carbonyl (C=O) groups is 2. The van der Waals surface area contributed by atoms with Gasteiger partial charge in [0.1, 0.15) is 5.60 Å². The number of amides is 1. The minimum absolute atomic E-state index is 0.0922. The molecule has 1 aromatic carbocycles. The van der Waals surface area contributed by atoms with Gasteiger partial charge < -0.3 is 20.1 Å². The number of aromatic carboxylic acids is 1. The lowest BCUT2D eigenvalue weighted by Crippen LogP contribution is -2.40. The number of halogens is 1. The molecule has 23 heavy (non-hydrogen) atoms. The minimum atomic E-state index is -1.000. The van der Waals surface area contributed by atoms with Crippen LogP contribution in [-0.4, -0.2) is 41.9 Å². The summed E-state index contributed by atoms with van der Waals surface area (Å²) >= 11 is 5.98. The van der Waals surface area contributed by atoms with Gasteiger partial charge in [0.25, 0.3) is 0 Å². The molecule has 0 aromatic heterocycles. The van der Waals surface area contributed by atoms with E-state index in [-0.39, 0.29) is 11.6 Å². The van der Waals surface area contributed by atoms with E-state index in [0.29, 0.717) is 30.2 Å². The van der Waals surface area contributed by atoms with E-state index in [0.717, 1.165) is 0 Å². The number of carboxylic acids is 1. The number of benzene rings is 1. The van der Waals surface area contributed by atoms with E-state index in [1.807, 2.05) is 4.90 Å². The highest BCUT2D eigenvalue weighted by atomic mass is 35.5. The van der Waals surface area contributed by atoms with Crippen LogP contribution in [0.15, 0.2) is 18.2 Å². The van der Waals surface area contributed by atoms with Crippen molar-refractivity contribution in [2.75, 3.05) is 18.0 Å². The molecule has 1 aromatic rings. The number of nitrogens with one attached hydrogen (secondary N) is 1. The lowest BCUT2D eigenvalue weighted by molar-refractivity contribution is 0.0508. The van der Waals surface area contributed by atoms with Crippen molar-refractivity contribution >= 4 is 29.4 Å². The van der Waals surface area contributed by atoms with Crippen LogP contribution in [0.3, 0.4) is 0 Å². The first-order valence-electron chi connectivity index (χ1n) is 7.43. The molecular weight excluding hydrogens is 320 g/mol. The summed E-state index contributed by atoms with van der Waals surface area (Å²) in [5.41, 5.74) is 0.219. The molecule has 0 aliphatic carbocycles. The standard InChI is InChI=1S/C16H21ClN2O4/c1-16(2,3)23-15(22)18-11-6-7-19(9-11)13-8-10(17)4-5-12(13)14(20)21/h4-5,8,11H,6-7,9H2,1-3H3,(H,18,22)(H,20,21)/t11-/m0/s1. The first-order chi connectivity index (χ1) is 10.7. The van der Waals surface area contributed by atoms with Gasteiger partial charge in [-0.2, -0.15) is 0 Å². The zero-order chi connectivity index (χ0) is 17.2. The van der Waals surface area contributed by atoms with Crippen LogP contribution in [0.25, 0.3) is 0 Å². The second-order valence-electron chi connectivity index (χ2n) is 6.54. The van der Waals surface area contributed by atoms with Crippen LogP contribution in [0.1, 0.15) is 37.6 Å². The highest BCUT2D eigenvalue weighted by Gasteiger charge is 2.28. The Morgan fingerprint density at radius 3 is 2.70 bits per heavy atom. The van der Waals surface area contributed by atoms with E-state index in [1.54, 1.807) is 32.9 Å². The molecule has 1 aliphatic rings. The topological polar surface area (TPSA) is 78.9 Å². The molecule has 0 bridgehead atoms. The predicted molar refractivity (Wildman–Crippen MR) is 88.4 cm³/mol. The number of nitrogens with zero attached hydrogens (tertiary/aromatic N) is 1. The van der Waals surface area contributed by atoms with Gasteiger partial charge in [-0.1, -0.05) is 11.6 Å². The number of carboxylic acid groups (broad SMARTS) is 1. The maximum Gasteiger partial charge on any atom is 0.407 e. The normalized spacial score (nSPS) is 17.9. The number of rotatable bonds is 3. The van der Waals surface area contributed by atoms with Crippen LogP contribution in [-0.2, 0) is 4.74 Å². The molecule has 6 nitrogen and oxygen atoms in total. The summed E-state index contributed by atoms with van der Waals surface area (Å²) in [6, 6.07) is 4.60. The van der Waals surface area contributed by atoms with E-state index in [4.69, 9.17) is 16.3 Å². The Bertz CT molecular complexity index is 613. The zero-order valence-electron chi connectivity index (χ0n) is 13.4. The number of anilines is 1. The molecule has 1 amide bonds. The lowest BCUT2D eigenvalue weighted by Gasteiger charge is -2.23. The third-order valence-electron chi connectivity index (χ3n) is 3.44. The van der Waals surface area contributed by atoms with Crippen molar-refractivity contribution < 1.29 is 19.4 Å². The van der Waals surface area contributed by atoms with Crippen LogP contribution >= 0.6 is 11.6 Å². The van der Waals surface area contributed by atoms with Gasteiger partial charge in [-0.05, 0) is 45.4 Å². The Balaban J connectivity index is 2.04. The van der Waals surface area contributed by atoms with Gasteiger partial charge in [0.15, 0.2) is 0 Å². The Kier molecular flexibility index (Phi) is 5.04. The summed E-state index contributed by atoms with van der Waals surface area (Å²) in [7, 11) is 0. The van der Waals surface area contributed by atoms with E-state index >= 15 is 0 Å². The van der Waals surface area contributed by atoms with Crippen LogP contribution in [0, 0.1) is 0 Å². The number of carbonyl (C=O) groups excluding carboxylic acids is 1. The Morgan fingerprint density at radius 1 is 1.39 bits per heavy atom. The summed E-state index contributed by atoms with van der Waals surface area (Å²) in [6.07, 6.45) is 0.249. The van der Waals surface area contributed by atoms with Crippen molar-refractivity contribution in [1.29, 1.82) is 0 Å². The molecule has 1 heterocycles. The quantitative estimate of drug-likeness (QED) is 0.883. The first-order valence-corrected chi connectivity index (χ1v) is 7.81. The van der Waals surface area contributed by atoms with Crippen molar-refractivity contribution in [1.82, 2.24) is 5.32 Å². The highest BCUT2D eigenvalue weighted by Crippen LogP contribution is 2.28. The van der Waals surface area contributed by atoms with Crippen LogP contribution < -0.4 is 10.2 Å². The second-order valence-corrected chi connectivity index (χ2v) is 6.98. The Hall–Kier alpha value is -1.95. The maximum absolute atomic E-state index is 11.8. The molecule has 1 fully saturated rings. The molecule has 7 heteroatoms. The molecule has 2 N–H and O–H groups in total. The molecule has 0 saturated carbocycles. The Morgan fingerprint density at radius 2 is 2.09 bits per heavy atom. The SMILES string of the molecule is CC(C)(C)OC(=O)N[C@H]1CCN(c2cc(Cl)ccc2C(=O)O)C1. The summed E-state index contributed by atoms with van der Waals surface area (Å²) in [5.74, 6) is -1.000. The van der Waals surface area contributed by atoms with E-state index in [9.17, 15) is 14.7 Å². The van der Waals surface area contributed by atoms with Crippen molar-refractivity contribution in [2.45, 2.75) is 38.8 Å². The summed E-state index contributed by atoms with van der Waals surface area (Å²) in [4.78, 5) is 25.1. The Labute approximate surface area is 140 Å². The van der Waals surface area contributed by atoms with Crippen molar-refractivity contribution in [3.05, 3.63) is 28.8 Å². The average molecular weight is 341 g/mol. The van der Waals surface area contributed by atoms with E-state index in [1.165, 1.54) is 6.07 Å². The van der Waals surface area contributed by atoms with Gasteiger partial charge in [0.05, 0.1) is 17.3 Å². The van der Waals surface area contributed by atoms with Crippen molar-refractivity contribution in [3.63, 3.8) is 0 Å². The highest BCUT2D eigenvalue weighted by molar-refractivity contribution is 6.31. The maximum atomic E-state index is 11.8. The third-order valence-corrected chi connectivity index (χ3v) is 3.68. The number of ether oxygens (including phenoxy) is 1. The molecule has 1 atom stereocenters. The third kappa shape index (κ3) is 4.76. The fourth-order valence-electron chi connectivity index (χ4n) is 2.52. The van der Waals surface area contributed by atoms with E-state index < -0.39 is 17.7 Å². The molecular formula is C16H21ClN2O4. The second kappa shape index (κ2) is 6.66. The number of hydrogen-bond donors (Lipinski definition) is 2.